The highest BCUT2D eigenvalue weighted by atomic mass is 79.9. The predicted molar refractivity (Wildman–Crippen MR) is 80.5 cm³/mol. The summed E-state index contributed by atoms with van der Waals surface area (Å²) < 4.78 is 3.09. The Morgan fingerprint density at radius 3 is 2.84 bits per heavy atom. The number of halogens is 2. The van der Waals surface area contributed by atoms with E-state index in [0.29, 0.717) is 11.4 Å². The number of carbonyl (C=O) groups excluding carboxylic acids is 1. The fraction of sp³-hybridized carbons (Fsp3) is 0.267. The molecule has 1 aromatic heterocycles. The largest absolute Gasteiger partial charge is 0.316 e. The van der Waals surface area contributed by atoms with Gasteiger partial charge in [-0.1, -0.05) is 27.5 Å². The molecular weight excluding hydrogens is 326 g/mol. The van der Waals surface area contributed by atoms with E-state index >= 15 is 0 Å². The van der Waals surface area contributed by atoms with Crippen molar-refractivity contribution in [2.24, 2.45) is 0 Å². The van der Waals surface area contributed by atoms with Crippen molar-refractivity contribution in [2.75, 3.05) is 0 Å². The highest BCUT2D eigenvalue weighted by Crippen LogP contribution is 2.32. The second kappa shape index (κ2) is 4.80. The van der Waals surface area contributed by atoms with Gasteiger partial charge in [-0.25, -0.2) is 0 Å². The van der Waals surface area contributed by atoms with Crippen molar-refractivity contribution in [3.8, 4) is 5.69 Å². The van der Waals surface area contributed by atoms with E-state index in [9.17, 15) is 4.79 Å². The van der Waals surface area contributed by atoms with Crippen LogP contribution >= 0.6 is 27.5 Å². The van der Waals surface area contributed by atoms with Gasteiger partial charge in [-0.3, -0.25) is 4.79 Å². The van der Waals surface area contributed by atoms with Gasteiger partial charge in [-0.05, 0) is 44.0 Å². The molecule has 2 nitrogen and oxygen atoms in total. The molecule has 98 valence electrons. The fourth-order valence-corrected chi connectivity index (χ4v) is 3.27. The number of aryl methyl sites for hydroxylation is 1. The van der Waals surface area contributed by atoms with Gasteiger partial charge in [0.25, 0.3) is 0 Å². The Morgan fingerprint density at radius 2 is 2.05 bits per heavy atom. The minimum Gasteiger partial charge on any atom is -0.316 e. The minimum atomic E-state index is 0.245. The van der Waals surface area contributed by atoms with Crippen molar-refractivity contribution in [2.45, 2.75) is 26.2 Å². The van der Waals surface area contributed by atoms with Crippen LogP contribution in [-0.2, 0) is 6.42 Å². The van der Waals surface area contributed by atoms with Crippen molar-refractivity contribution >= 4 is 33.3 Å². The zero-order valence-electron chi connectivity index (χ0n) is 10.5. The highest BCUT2D eigenvalue weighted by molar-refractivity contribution is 9.10. The number of hydrogen-bond acceptors (Lipinski definition) is 1. The van der Waals surface area contributed by atoms with Crippen molar-refractivity contribution in [3.63, 3.8) is 0 Å². The number of fused-ring (bicyclic) bond motifs is 1. The van der Waals surface area contributed by atoms with Crippen LogP contribution in [0.1, 0.15) is 34.6 Å². The molecule has 0 fully saturated rings. The molecule has 4 heteroatoms. The van der Waals surface area contributed by atoms with E-state index in [1.807, 2.05) is 31.2 Å². The van der Waals surface area contributed by atoms with Gasteiger partial charge in [0, 0.05) is 27.8 Å². The number of aromatic nitrogens is 1. The molecule has 0 N–H and O–H groups in total. The zero-order chi connectivity index (χ0) is 13.6. The Balaban J connectivity index is 2.26. The molecule has 0 radical (unpaired) electrons. The van der Waals surface area contributed by atoms with Crippen LogP contribution in [0.3, 0.4) is 0 Å². The van der Waals surface area contributed by atoms with Crippen LogP contribution in [0.5, 0.6) is 0 Å². The number of carbonyl (C=O) groups is 1. The van der Waals surface area contributed by atoms with Gasteiger partial charge in [-0.2, -0.15) is 0 Å². The number of rotatable bonds is 1. The molecule has 1 aliphatic rings. The molecule has 2 aromatic rings. The average molecular weight is 339 g/mol. The van der Waals surface area contributed by atoms with Crippen LogP contribution in [0.25, 0.3) is 5.69 Å². The van der Waals surface area contributed by atoms with Crippen molar-refractivity contribution < 1.29 is 4.79 Å². The lowest BCUT2D eigenvalue weighted by molar-refractivity contribution is 0.0972. The summed E-state index contributed by atoms with van der Waals surface area (Å²) in [6.45, 7) is 2.02. The van der Waals surface area contributed by atoms with Crippen molar-refractivity contribution in [3.05, 3.63) is 50.7 Å². The maximum Gasteiger partial charge on any atom is 0.164 e. The molecule has 0 saturated heterocycles. The van der Waals surface area contributed by atoms with E-state index in [1.165, 1.54) is 0 Å². The summed E-state index contributed by atoms with van der Waals surface area (Å²) in [5, 5.41) is 0.697. The van der Waals surface area contributed by atoms with Crippen LogP contribution in [-0.4, -0.2) is 10.4 Å². The maximum atomic E-state index is 12.0. The molecule has 0 unspecified atom stereocenters. The Kier molecular flexibility index (Phi) is 3.27. The lowest BCUT2D eigenvalue weighted by Gasteiger charge is -2.17. The summed E-state index contributed by atoms with van der Waals surface area (Å²) in [6.07, 6.45) is 2.50. The van der Waals surface area contributed by atoms with Gasteiger partial charge in [0.1, 0.15) is 0 Å². The van der Waals surface area contributed by atoms with E-state index < -0.39 is 0 Å². The van der Waals surface area contributed by atoms with E-state index in [1.54, 1.807) is 0 Å². The summed E-state index contributed by atoms with van der Waals surface area (Å²) in [5.74, 6) is 0.245. The van der Waals surface area contributed by atoms with E-state index in [2.05, 4.69) is 20.5 Å². The zero-order valence-corrected chi connectivity index (χ0v) is 12.9. The molecule has 1 heterocycles. The van der Waals surface area contributed by atoms with Crippen LogP contribution < -0.4 is 0 Å². The maximum absolute atomic E-state index is 12.0. The Labute approximate surface area is 125 Å². The topological polar surface area (TPSA) is 22.0 Å². The third kappa shape index (κ3) is 2.15. The molecule has 0 aliphatic heterocycles. The Morgan fingerprint density at radius 1 is 1.26 bits per heavy atom. The first kappa shape index (κ1) is 12.9. The number of ketones is 1. The van der Waals surface area contributed by atoms with Crippen LogP contribution in [0, 0.1) is 6.92 Å². The molecular formula is C15H13BrClNO. The smallest absolute Gasteiger partial charge is 0.164 e. The van der Waals surface area contributed by atoms with Crippen molar-refractivity contribution in [1.82, 2.24) is 4.57 Å². The van der Waals surface area contributed by atoms with E-state index in [0.717, 1.165) is 40.0 Å². The molecule has 3 rings (SSSR count). The quantitative estimate of drug-likeness (QED) is 0.737. The molecule has 0 atom stereocenters. The van der Waals surface area contributed by atoms with Gasteiger partial charge in [0.15, 0.2) is 5.78 Å². The number of nitrogens with zero attached hydrogens (tertiary/aromatic N) is 1. The summed E-state index contributed by atoms with van der Waals surface area (Å²) in [7, 11) is 0. The monoisotopic (exact) mass is 337 g/mol. The van der Waals surface area contributed by atoms with Gasteiger partial charge in [-0.15, -0.1) is 0 Å². The van der Waals surface area contributed by atoms with E-state index in [-0.39, 0.29) is 5.78 Å². The highest BCUT2D eigenvalue weighted by Gasteiger charge is 2.23. The molecule has 1 aromatic carbocycles. The van der Waals surface area contributed by atoms with Gasteiger partial charge < -0.3 is 4.57 Å². The Hall–Kier alpha value is -1.06. The van der Waals surface area contributed by atoms with Crippen molar-refractivity contribution in [1.29, 1.82) is 0 Å². The summed E-state index contributed by atoms with van der Waals surface area (Å²) in [5.41, 5.74) is 3.94. The molecule has 1 aliphatic carbocycles. The number of hydrogen-bond donors (Lipinski definition) is 0. The van der Waals surface area contributed by atoms with Gasteiger partial charge in [0.05, 0.1) is 10.7 Å². The third-order valence-electron chi connectivity index (χ3n) is 3.55. The molecule has 0 amide bonds. The lowest BCUT2D eigenvalue weighted by atomic mass is 9.96. The summed E-state index contributed by atoms with van der Waals surface area (Å²) in [4.78, 5) is 12.0. The Bertz CT molecular complexity index is 675. The first-order valence-corrected chi connectivity index (χ1v) is 7.45. The fourth-order valence-electron chi connectivity index (χ4n) is 2.72. The number of Topliss-reactive ketones (excluding diaryl/α,β-unsaturated/α-hetero) is 1. The van der Waals surface area contributed by atoms with E-state index in [4.69, 9.17) is 11.6 Å². The number of benzene rings is 1. The first-order chi connectivity index (χ1) is 9.08. The van der Waals surface area contributed by atoms with Crippen LogP contribution in [0.15, 0.2) is 28.7 Å². The minimum absolute atomic E-state index is 0.245. The first-order valence-electron chi connectivity index (χ1n) is 6.28. The average Bonchev–Trinajstić information content (AvgIpc) is 2.70. The van der Waals surface area contributed by atoms with Crippen LogP contribution in [0.4, 0.5) is 0 Å². The summed E-state index contributed by atoms with van der Waals surface area (Å²) in [6, 6.07) is 7.77. The SMILES string of the molecule is Cc1cc2c(n1-c1cc(Br)ccc1Cl)CCCC2=O. The van der Waals surface area contributed by atoms with Gasteiger partial charge in [0.2, 0.25) is 0 Å². The second-order valence-electron chi connectivity index (χ2n) is 4.85. The standard InChI is InChI=1S/C15H13BrClNO/c1-9-7-11-13(3-2-4-15(11)19)18(9)14-8-10(16)5-6-12(14)17/h5-8H,2-4H2,1H3. The van der Waals surface area contributed by atoms with Gasteiger partial charge >= 0.3 is 0 Å². The molecule has 19 heavy (non-hydrogen) atoms. The molecule has 0 saturated carbocycles. The third-order valence-corrected chi connectivity index (χ3v) is 4.37. The normalized spacial score (nSPS) is 14.6. The van der Waals surface area contributed by atoms with Crippen LogP contribution in [0.2, 0.25) is 5.02 Å². The predicted octanol–water partition coefficient (Wildman–Crippen LogP) is 4.72. The lowest BCUT2D eigenvalue weighted by Crippen LogP contribution is -2.12. The molecule has 0 bridgehead atoms. The second-order valence-corrected chi connectivity index (χ2v) is 6.18. The molecule has 0 spiro atoms. The summed E-state index contributed by atoms with van der Waals surface area (Å²) >= 11 is 9.79.